The number of hydrogen-bond donors (Lipinski definition) is 6. The SMILES string of the molecule is CC(C)C[C@H](NC(=O)OCc1ccccc1)C(=O)N[C@@H](Cc1ccccc1)C(=O)N[C@@H](CCC(N)=O)C(=O)N[C@H](/C=C/C(=O)C1Oc2ccccc2O1)CCC(N)=O. The molecule has 0 aromatic heterocycles. The summed E-state index contributed by atoms with van der Waals surface area (Å²) in [5.74, 6) is -3.47. The first kappa shape index (κ1) is 44.0. The number of carbonyl (C=O) groups excluding carboxylic acids is 7. The van der Waals surface area contributed by atoms with Gasteiger partial charge in [-0.2, -0.15) is 0 Å². The van der Waals surface area contributed by atoms with Crippen LogP contribution in [0.4, 0.5) is 4.79 Å². The molecule has 1 aliphatic heterocycles. The van der Waals surface area contributed by atoms with Gasteiger partial charge in [0.1, 0.15) is 24.7 Å². The molecule has 3 aromatic rings. The van der Waals surface area contributed by atoms with Gasteiger partial charge in [0.05, 0.1) is 0 Å². The van der Waals surface area contributed by atoms with E-state index in [9.17, 15) is 33.6 Å². The lowest BCUT2D eigenvalue weighted by Crippen LogP contribution is -2.58. The standard InChI is InChI=1S/C42H50N6O10/c1-26(2)23-31(48-42(55)56-25-28-13-7-4-8-14-28)39(53)47-32(24-27-11-5-3-6-12-27)40(54)46-30(19-22-37(44)51)38(52)45-29(18-21-36(43)50)17-20-33(49)41-57-34-15-9-10-16-35(34)58-41/h3-17,20,26,29-32,41H,18-19,21-25H2,1-2H3,(H2,43,50)(H2,44,51)(H,45,52)(H,46,54)(H,47,53)(H,48,55)/b20-17+/t29-,30+,31+,32+/m1/s1. The normalized spacial score (nSPS) is 14.1. The lowest BCUT2D eigenvalue weighted by Gasteiger charge is -2.26. The van der Waals surface area contributed by atoms with Crippen LogP contribution in [-0.2, 0) is 46.5 Å². The number of benzene rings is 3. The highest BCUT2D eigenvalue weighted by Gasteiger charge is 2.32. The third-order valence-corrected chi connectivity index (χ3v) is 8.83. The second-order valence-electron chi connectivity index (χ2n) is 14.1. The van der Waals surface area contributed by atoms with Crippen molar-refractivity contribution in [3.05, 3.63) is 108 Å². The third-order valence-electron chi connectivity index (χ3n) is 8.83. The van der Waals surface area contributed by atoms with Gasteiger partial charge in [-0.15, -0.1) is 0 Å². The van der Waals surface area contributed by atoms with E-state index < -0.39 is 71.9 Å². The van der Waals surface area contributed by atoms with Crippen LogP contribution in [0.3, 0.4) is 0 Å². The van der Waals surface area contributed by atoms with Gasteiger partial charge < -0.3 is 46.9 Å². The molecular weight excluding hydrogens is 748 g/mol. The molecule has 1 heterocycles. The third kappa shape index (κ3) is 14.7. The van der Waals surface area contributed by atoms with E-state index in [0.29, 0.717) is 17.1 Å². The van der Waals surface area contributed by atoms with Crippen LogP contribution in [0, 0.1) is 5.92 Å². The van der Waals surface area contributed by atoms with Crippen LogP contribution in [0.1, 0.15) is 57.1 Å². The van der Waals surface area contributed by atoms with Crippen molar-refractivity contribution < 1.29 is 47.8 Å². The molecule has 0 spiro atoms. The number of amides is 6. The molecule has 3 aromatic carbocycles. The van der Waals surface area contributed by atoms with Crippen molar-refractivity contribution in [2.75, 3.05) is 0 Å². The van der Waals surface area contributed by atoms with Crippen molar-refractivity contribution in [2.45, 2.75) is 89.4 Å². The number of para-hydroxylation sites is 2. The van der Waals surface area contributed by atoms with Crippen LogP contribution in [0.25, 0.3) is 0 Å². The monoisotopic (exact) mass is 798 g/mol. The van der Waals surface area contributed by atoms with Gasteiger partial charge >= 0.3 is 12.4 Å². The molecule has 0 bridgehead atoms. The molecular formula is C42H50N6O10. The lowest BCUT2D eigenvalue weighted by atomic mass is 10.0. The van der Waals surface area contributed by atoms with E-state index in [2.05, 4.69) is 21.3 Å². The average molecular weight is 799 g/mol. The van der Waals surface area contributed by atoms with Crippen LogP contribution in [0.15, 0.2) is 97.1 Å². The zero-order valence-corrected chi connectivity index (χ0v) is 32.4. The first-order valence-electron chi connectivity index (χ1n) is 18.9. The maximum absolute atomic E-state index is 14.0. The van der Waals surface area contributed by atoms with Crippen molar-refractivity contribution >= 4 is 41.4 Å². The number of hydrogen-bond acceptors (Lipinski definition) is 10. The van der Waals surface area contributed by atoms with E-state index in [-0.39, 0.29) is 51.0 Å². The molecule has 6 amide bonds. The summed E-state index contributed by atoms with van der Waals surface area (Å²) in [6.45, 7) is 3.71. The summed E-state index contributed by atoms with van der Waals surface area (Å²) in [6, 6.07) is 19.9. The predicted molar refractivity (Wildman–Crippen MR) is 211 cm³/mol. The van der Waals surface area contributed by atoms with Crippen LogP contribution in [0.2, 0.25) is 0 Å². The molecule has 0 radical (unpaired) electrons. The Kier molecular flexibility index (Phi) is 16.8. The minimum Gasteiger partial charge on any atom is -0.445 e. The number of nitrogens with two attached hydrogens (primary N) is 2. The van der Waals surface area contributed by atoms with E-state index in [1.165, 1.54) is 6.08 Å². The second-order valence-corrected chi connectivity index (χ2v) is 14.1. The van der Waals surface area contributed by atoms with Gasteiger partial charge in [-0.1, -0.05) is 92.7 Å². The summed E-state index contributed by atoms with van der Waals surface area (Å²) >= 11 is 0. The summed E-state index contributed by atoms with van der Waals surface area (Å²) in [7, 11) is 0. The van der Waals surface area contributed by atoms with Gasteiger partial charge in [-0.3, -0.25) is 28.8 Å². The zero-order chi connectivity index (χ0) is 42.0. The Morgan fingerprint density at radius 1 is 0.655 bits per heavy atom. The maximum Gasteiger partial charge on any atom is 0.408 e. The molecule has 58 heavy (non-hydrogen) atoms. The fourth-order valence-electron chi connectivity index (χ4n) is 5.87. The Labute approximate surface area is 336 Å². The van der Waals surface area contributed by atoms with Gasteiger partial charge in [-0.05, 0) is 54.5 Å². The van der Waals surface area contributed by atoms with E-state index in [0.717, 1.165) is 11.6 Å². The van der Waals surface area contributed by atoms with Crippen molar-refractivity contribution in [3.63, 3.8) is 0 Å². The van der Waals surface area contributed by atoms with Crippen LogP contribution >= 0.6 is 0 Å². The van der Waals surface area contributed by atoms with Crippen molar-refractivity contribution in [3.8, 4) is 11.5 Å². The number of nitrogens with one attached hydrogen (secondary N) is 4. The van der Waals surface area contributed by atoms with Gasteiger partial charge in [0.15, 0.2) is 11.5 Å². The van der Waals surface area contributed by atoms with Crippen molar-refractivity contribution in [1.82, 2.24) is 21.3 Å². The van der Waals surface area contributed by atoms with Gasteiger partial charge in [0.2, 0.25) is 35.3 Å². The van der Waals surface area contributed by atoms with Crippen LogP contribution in [0.5, 0.6) is 11.5 Å². The maximum atomic E-state index is 14.0. The molecule has 1 aliphatic rings. The number of rotatable bonds is 22. The number of ketones is 1. The fourth-order valence-corrected chi connectivity index (χ4v) is 5.87. The molecule has 4 atom stereocenters. The molecule has 16 heteroatoms. The Morgan fingerprint density at radius 3 is 1.76 bits per heavy atom. The highest BCUT2D eigenvalue weighted by atomic mass is 16.7. The summed E-state index contributed by atoms with van der Waals surface area (Å²) in [5.41, 5.74) is 12.2. The number of carbonyl (C=O) groups is 7. The second kappa shape index (κ2) is 22.1. The Morgan fingerprint density at radius 2 is 1.17 bits per heavy atom. The molecule has 0 aliphatic carbocycles. The van der Waals surface area contributed by atoms with Gasteiger partial charge in [0.25, 0.3) is 0 Å². The molecule has 308 valence electrons. The summed E-state index contributed by atoms with van der Waals surface area (Å²) in [4.78, 5) is 90.9. The first-order chi connectivity index (χ1) is 27.8. The molecule has 4 rings (SSSR count). The Hall–Kier alpha value is -6.71. The summed E-state index contributed by atoms with van der Waals surface area (Å²) in [5, 5.41) is 10.7. The average Bonchev–Trinajstić information content (AvgIpc) is 3.64. The van der Waals surface area contributed by atoms with Gasteiger partial charge in [-0.25, -0.2) is 4.79 Å². The minimum atomic E-state index is -1.36. The van der Waals surface area contributed by atoms with Crippen LogP contribution < -0.4 is 42.2 Å². The summed E-state index contributed by atoms with van der Waals surface area (Å²) < 4.78 is 16.5. The van der Waals surface area contributed by atoms with Crippen LogP contribution in [-0.4, -0.2) is 71.9 Å². The minimum absolute atomic E-state index is 0.00329. The lowest BCUT2D eigenvalue weighted by molar-refractivity contribution is -0.133. The predicted octanol–water partition coefficient (Wildman–Crippen LogP) is 2.48. The van der Waals surface area contributed by atoms with E-state index >= 15 is 0 Å². The molecule has 0 saturated carbocycles. The summed E-state index contributed by atoms with van der Waals surface area (Å²) in [6.07, 6.45) is -0.100. The zero-order valence-electron chi connectivity index (χ0n) is 32.4. The Balaban J connectivity index is 1.50. The Bertz CT molecular complexity index is 1900. The quantitative estimate of drug-likeness (QED) is 0.0811. The topological polar surface area (TPSA) is 247 Å². The number of alkyl carbamates (subject to hydrolysis) is 1. The first-order valence-corrected chi connectivity index (χ1v) is 18.9. The fraction of sp³-hybridized carbons (Fsp3) is 0.357. The number of ether oxygens (including phenoxy) is 3. The van der Waals surface area contributed by atoms with Gasteiger partial charge in [0, 0.05) is 25.3 Å². The number of fused-ring (bicyclic) bond motifs is 1. The highest BCUT2D eigenvalue weighted by Crippen LogP contribution is 2.34. The molecule has 0 saturated heterocycles. The van der Waals surface area contributed by atoms with Crippen molar-refractivity contribution in [2.24, 2.45) is 17.4 Å². The molecule has 0 unspecified atom stereocenters. The molecule has 16 nitrogen and oxygen atoms in total. The largest absolute Gasteiger partial charge is 0.445 e. The smallest absolute Gasteiger partial charge is 0.408 e. The van der Waals surface area contributed by atoms with E-state index in [1.807, 2.05) is 19.9 Å². The highest BCUT2D eigenvalue weighted by molar-refractivity contribution is 5.95. The van der Waals surface area contributed by atoms with E-state index in [1.54, 1.807) is 78.9 Å². The molecule has 0 fully saturated rings. The van der Waals surface area contributed by atoms with Crippen molar-refractivity contribution in [1.29, 1.82) is 0 Å². The molecule has 8 N–H and O–H groups in total. The van der Waals surface area contributed by atoms with E-state index in [4.69, 9.17) is 25.7 Å². The number of primary amides is 2.